The maximum Gasteiger partial charge on any atom is 0.0508 e. The Morgan fingerprint density at radius 2 is 1.12 bits per heavy atom. The van der Waals surface area contributed by atoms with E-state index in [-0.39, 0.29) is 5.41 Å². The number of thiophene rings is 1. The molecule has 0 radical (unpaired) electrons. The first kappa shape index (κ1) is 29.9. The topological polar surface area (TPSA) is 3.24 Å². The zero-order chi connectivity index (χ0) is 34.1. The molecule has 0 N–H and O–H groups in total. The fourth-order valence-corrected chi connectivity index (χ4v) is 9.76. The Balaban J connectivity index is 1.25. The number of para-hydroxylation sites is 1. The van der Waals surface area contributed by atoms with Gasteiger partial charge in [0.2, 0.25) is 0 Å². The van der Waals surface area contributed by atoms with Crippen molar-refractivity contribution in [2.75, 3.05) is 4.90 Å². The Labute approximate surface area is 302 Å². The molecule has 0 amide bonds. The molecule has 10 rings (SSSR count). The molecule has 0 fully saturated rings. The van der Waals surface area contributed by atoms with E-state index in [1.165, 1.54) is 81.1 Å². The molecule has 1 aliphatic rings. The minimum Gasteiger partial charge on any atom is -0.310 e. The third-order valence-corrected chi connectivity index (χ3v) is 12.1. The summed E-state index contributed by atoms with van der Waals surface area (Å²) in [6.45, 7) is 4.82. The highest BCUT2D eigenvalue weighted by atomic mass is 32.1. The van der Waals surface area contributed by atoms with E-state index in [9.17, 15) is 0 Å². The van der Waals surface area contributed by atoms with Crippen LogP contribution in [0, 0.1) is 0 Å². The van der Waals surface area contributed by atoms with Crippen LogP contribution in [0.2, 0.25) is 0 Å². The molecule has 0 spiro atoms. The van der Waals surface area contributed by atoms with Crippen molar-refractivity contribution in [1.29, 1.82) is 0 Å². The lowest BCUT2D eigenvalue weighted by Gasteiger charge is -2.40. The molecule has 0 bridgehead atoms. The summed E-state index contributed by atoms with van der Waals surface area (Å²) in [7, 11) is 0. The molecule has 1 nitrogen and oxygen atoms in total. The smallest absolute Gasteiger partial charge is 0.0508 e. The van der Waals surface area contributed by atoms with E-state index in [0.717, 1.165) is 11.4 Å². The van der Waals surface area contributed by atoms with Crippen molar-refractivity contribution in [3.8, 4) is 33.4 Å². The molecule has 2 heteroatoms. The highest BCUT2D eigenvalue weighted by Gasteiger charge is 2.38. The zero-order valence-electron chi connectivity index (χ0n) is 28.6. The first-order valence-corrected chi connectivity index (χ1v) is 18.5. The van der Waals surface area contributed by atoms with Crippen LogP contribution in [-0.2, 0) is 5.41 Å². The molecule has 9 aromatic rings. The number of benzene rings is 8. The van der Waals surface area contributed by atoms with Crippen LogP contribution < -0.4 is 4.90 Å². The van der Waals surface area contributed by atoms with Gasteiger partial charge in [-0.3, -0.25) is 0 Å². The van der Waals surface area contributed by atoms with Crippen LogP contribution >= 0.6 is 11.3 Å². The quantitative estimate of drug-likeness (QED) is 0.176. The Morgan fingerprint density at radius 3 is 1.94 bits per heavy atom. The van der Waals surface area contributed by atoms with Crippen molar-refractivity contribution in [3.63, 3.8) is 0 Å². The third kappa shape index (κ3) is 4.60. The molecular weight excluding hydrogens is 635 g/mol. The molecule has 0 unspecified atom stereocenters. The molecule has 8 aromatic carbocycles. The van der Waals surface area contributed by atoms with Crippen LogP contribution in [0.15, 0.2) is 176 Å². The Bertz CT molecular complexity index is 2760. The Kier molecular flexibility index (Phi) is 6.78. The van der Waals surface area contributed by atoms with Gasteiger partial charge in [0.05, 0.1) is 5.69 Å². The summed E-state index contributed by atoms with van der Waals surface area (Å²) in [5, 5.41) is 5.31. The zero-order valence-corrected chi connectivity index (χ0v) is 29.4. The van der Waals surface area contributed by atoms with Crippen LogP contribution in [0.25, 0.3) is 64.3 Å². The Morgan fingerprint density at radius 1 is 0.471 bits per heavy atom. The summed E-state index contributed by atoms with van der Waals surface area (Å²) in [5.41, 5.74) is 13.6. The SMILES string of the molecule is CC1(C)c2c(cccc2N(c2ccccc2)c2ccc(-c3ccccc3)cc2)-c2c(-c3cccc4c3sc3ccccc34)ccc3cccc1c23. The normalized spacial score (nSPS) is 13.1. The lowest BCUT2D eigenvalue weighted by atomic mass is 9.66. The number of nitrogens with zero attached hydrogens (tertiary/aromatic N) is 1. The van der Waals surface area contributed by atoms with Gasteiger partial charge in [0.15, 0.2) is 0 Å². The Hall–Kier alpha value is -5.96. The van der Waals surface area contributed by atoms with Crippen molar-refractivity contribution < 1.29 is 0 Å². The highest BCUT2D eigenvalue weighted by molar-refractivity contribution is 7.26. The minimum atomic E-state index is -0.266. The molecule has 0 saturated carbocycles. The first-order chi connectivity index (χ1) is 25.1. The van der Waals surface area contributed by atoms with E-state index in [0.29, 0.717) is 0 Å². The fourth-order valence-electron chi connectivity index (χ4n) is 8.53. The predicted octanol–water partition coefficient (Wildman–Crippen LogP) is 14.3. The third-order valence-electron chi connectivity index (χ3n) is 10.8. The second-order valence-corrected chi connectivity index (χ2v) is 15.1. The van der Waals surface area contributed by atoms with E-state index in [1.807, 2.05) is 11.3 Å². The van der Waals surface area contributed by atoms with E-state index >= 15 is 0 Å². The van der Waals surface area contributed by atoms with Crippen LogP contribution in [0.5, 0.6) is 0 Å². The van der Waals surface area contributed by atoms with Crippen LogP contribution in [0.1, 0.15) is 25.0 Å². The maximum absolute atomic E-state index is 2.45. The second kappa shape index (κ2) is 11.6. The number of fused-ring (bicyclic) bond motifs is 5. The van der Waals surface area contributed by atoms with Crippen molar-refractivity contribution in [1.82, 2.24) is 0 Å². The second-order valence-electron chi connectivity index (χ2n) is 14.1. The lowest BCUT2D eigenvalue weighted by Crippen LogP contribution is -2.27. The van der Waals surface area contributed by atoms with Crippen LogP contribution in [0.4, 0.5) is 17.1 Å². The monoisotopic (exact) mass is 669 g/mol. The van der Waals surface area contributed by atoms with Gasteiger partial charge in [-0.2, -0.15) is 0 Å². The van der Waals surface area contributed by atoms with E-state index in [1.54, 1.807) is 0 Å². The predicted molar refractivity (Wildman–Crippen MR) is 220 cm³/mol. The van der Waals surface area contributed by atoms with Gasteiger partial charge < -0.3 is 4.90 Å². The highest BCUT2D eigenvalue weighted by Crippen LogP contribution is 2.56. The van der Waals surface area contributed by atoms with Gasteiger partial charge in [0.25, 0.3) is 0 Å². The standard InChI is InChI=1S/C49H35NS/c1-49(2)42-23-11-16-34-28-31-38(40-21-12-20-39-37-19-9-10-25-44(37)51-48(39)40)46(45(34)42)41-22-13-24-43(47(41)49)50(35-17-7-4-8-18-35)36-29-26-33(27-30-36)32-14-5-3-6-15-32/h3-31H,1-2H3. The number of hydrogen-bond donors (Lipinski definition) is 0. The van der Waals surface area contributed by atoms with Gasteiger partial charge in [-0.15, -0.1) is 11.3 Å². The molecule has 0 saturated heterocycles. The number of hydrogen-bond acceptors (Lipinski definition) is 2. The average molecular weight is 670 g/mol. The van der Waals surface area contributed by atoms with Gasteiger partial charge in [-0.25, -0.2) is 0 Å². The first-order valence-electron chi connectivity index (χ1n) is 17.7. The number of anilines is 3. The number of rotatable bonds is 5. The molecule has 0 atom stereocenters. The summed E-state index contributed by atoms with van der Waals surface area (Å²) < 4.78 is 2.68. The van der Waals surface area contributed by atoms with Crippen molar-refractivity contribution >= 4 is 59.3 Å². The fraction of sp³-hybridized carbons (Fsp3) is 0.0612. The van der Waals surface area contributed by atoms with Gasteiger partial charge in [0.1, 0.15) is 0 Å². The molecule has 242 valence electrons. The largest absolute Gasteiger partial charge is 0.310 e. The maximum atomic E-state index is 2.45. The molecule has 1 heterocycles. The van der Waals surface area contributed by atoms with Crippen molar-refractivity contribution in [2.24, 2.45) is 0 Å². The minimum absolute atomic E-state index is 0.266. The summed E-state index contributed by atoms with van der Waals surface area (Å²) in [5.74, 6) is 0. The molecule has 0 aliphatic heterocycles. The van der Waals surface area contributed by atoms with E-state index < -0.39 is 0 Å². The van der Waals surface area contributed by atoms with E-state index in [4.69, 9.17) is 0 Å². The summed E-state index contributed by atoms with van der Waals surface area (Å²) in [6, 6.07) is 64.7. The van der Waals surface area contributed by atoms with E-state index in [2.05, 4.69) is 195 Å². The summed E-state index contributed by atoms with van der Waals surface area (Å²) in [4.78, 5) is 2.45. The molecular formula is C49H35NS. The van der Waals surface area contributed by atoms with Crippen LogP contribution in [0.3, 0.4) is 0 Å². The van der Waals surface area contributed by atoms with Crippen molar-refractivity contribution in [2.45, 2.75) is 19.3 Å². The molecule has 1 aromatic heterocycles. The molecule has 51 heavy (non-hydrogen) atoms. The van der Waals surface area contributed by atoms with Crippen molar-refractivity contribution in [3.05, 3.63) is 187 Å². The van der Waals surface area contributed by atoms with Gasteiger partial charge in [0, 0.05) is 42.5 Å². The van der Waals surface area contributed by atoms with Gasteiger partial charge >= 0.3 is 0 Å². The lowest BCUT2D eigenvalue weighted by molar-refractivity contribution is 0.646. The van der Waals surface area contributed by atoms with Gasteiger partial charge in [-0.05, 0) is 86.1 Å². The van der Waals surface area contributed by atoms with Crippen LogP contribution in [-0.4, -0.2) is 0 Å². The van der Waals surface area contributed by atoms with Gasteiger partial charge in [-0.1, -0.05) is 153 Å². The molecule has 1 aliphatic carbocycles. The average Bonchev–Trinajstić information content (AvgIpc) is 3.57. The summed E-state index contributed by atoms with van der Waals surface area (Å²) >= 11 is 1.90. The summed E-state index contributed by atoms with van der Waals surface area (Å²) in [6.07, 6.45) is 0.